The van der Waals surface area contributed by atoms with E-state index in [0.717, 1.165) is 54.1 Å². The number of unbranched alkanes of at least 4 members (excludes halogenated alkanes) is 1. The Morgan fingerprint density at radius 3 is 2.42 bits per heavy atom. The second-order valence-electron chi connectivity index (χ2n) is 4.50. The molecule has 2 aromatic rings. The van der Waals surface area contributed by atoms with Gasteiger partial charge in [0.15, 0.2) is 0 Å². The third kappa shape index (κ3) is 4.44. The van der Waals surface area contributed by atoms with Crippen LogP contribution in [0.5, 0.6) is 5.75 Å². The van der Waals surface area contributed by atoms with Crippen molar-refractivity contribution in [3.8, 4) is 5.75 Å². The molecule has 0 aliphatic carbocycles. The van der Waals surface area contributed by atoms with E-state index in [2.05, 4.69) is 36.4 Å². The van der Waals surface area contributed by atoms with Crippen molar-refractivity contribution in [1.82, 2.24) is 0 Å². The Morgan fingerprint density at radius 1 is 1.11 bits per heavy atom. The van der Waals surface area contributed by atoms with Gasteiger partial charge in [-0.3, -0.25) is 0 Å². The lowest BCUT2D eigenvalue weighted by atomic mass is 10.1. The molecule has 102 valence electrons. The molecule has 3 heteroatoms. The fourth-order valence-corrected chi connectivity index (χ4v) is 1.98. The van der Waals surface area contributed by atoms with Crippen LogP contribution in [-0.2, 0) is 0 Å². The highest BCUT2D eigenvalue weighted by atomic mass is 32.1. The quantitative estimate of drug-likeness (QED) is 0.390. The molecule has 0 atom stereocenters. The summed E-state index contributed by atoms with van der Waals surface area (Å²) in [7, 11) is 0. The summed E-state index contributed by atoms with van der Waals surface area (Å²) in [4.78, 5) is 0.999. The van der Waals surface area contributed by atoms with E-state index in [1.165, 1.54) is 0 Å². The Kier molecular flexibility index (Phi) is 5.55. The molecule has 1 aliphatic heterocycles. The first kappa shape index (κ1) is 14.2. The van der Waals surface area contributed by atoms with E-state index in [0.29, 0.717) is 0 Å². The molecule has 0 radical (unpaired) electrons. The van der Waals surface area contributed by atoms with Gasteiger partial charge in [0.25, 0.3) is 0 Å². The van der Waals surface area contributed by atoms with Gasteiger partial charge in [-0.05, 0) is 23.9 Å². The molecule has 0 saturated carbocycles. The van der Waals surface area contributed by atoms with Crippen LogP contribution in [0.1, 0.15) is 19.8 Å². The van der Waals surface area contributed by atoms with Gasteiger partial charge >= 0.3 is 0 Å². The zero-order valence-corrected chi connectivity index (χ0v) is 12.2. The van der Waals surface area contributed by atoms with Crippen LogP contribution in [0.15, 0.2) is 41.3 Å². The van der Waals surface area contributed by atoms with Crippen LogP contribution in [0.25, 0.3) is 10.8 Å². The maximum absolute atomic E-state index is 5.78. The average molecular weight is 277 g/mol. The van der Waals surface area contributed by atoms with Gasteiger partial charge in [-0.15, -0.1) is 12.6 Å². The summed E-state index contributed by atoms with van der Waals surface area (Å²) in [5.41, 5.74) is 0. The van der Waals surface area contributed by atoms with Crippen molar-refractivity contribution in [2.45, 2.75) is 24.7 Å². The molecule has 1 N–H and O–H groups in total. The van der Waals surface area contributed by atoms with Gasteiger partial charge in [0.2, 0.25) is 13.2 Å². The van der Waals surface area contributed by atoms with Gasteiger partial charge in [0.05, 0.1) is 6.61 Å². The predicted molar refractivity (Wildman–Crippen MR) is 83.6 cm³/mol. The van der Waals surface area contributed by atoms with Crippen molar-refractivity contribution < 1.29 is 9.47 Å². The fourth-order valence-electron chi connectivity index (χ4n) is 1.71. The highest BCUT2D eigenvalue weighted by Crippen LogP contribution is 2.30. The van der Waals surface area contributed by atoms with Crippen molar-refractivity contribution in [1.29, 1.82) is 0 Å². The van der Waals surface area contributed by atoms with Gasteiger partial charge in [0.1, 0.15) is 5.75 Å². The first-order valence-electron chi connectivity index (χ1n) is 6.79. The molecule has 0 aromatic heterocycles. The maximum atomic E-state index is 5.78. The second-order valence-corrected chi connectivity index (χ2v) is 4.98. The summed E-state index contributed by atoms with van der Waals surface area (Å²) < 4.78 is 9.53. The third-order valence-electron chi connectivity index (χ3n) is 2.84. The predicted octanol–water partition coefficient (Wildman–Crippen LogP) is 3.84. The van der Waals surface area contributed by atoms with Gasteiger partial charge in [-0.1, -0.05) is 37.6 Å². The van der Waals surface area contributed by atoms with Crippen LogP contribution in [-0.4, -0.2) is 24.6 Å². The van der Waals surface area contributed by atoms with Crippen LogP contribution in [0, 0.1) is 0 Å². The number of rotatable bonds is 4. The lowest BCUT2D eigenvalue weighted by Crippen LogP contribution is -1.97. The number of benzene rings is 2. The van der Waals surface area contributed by atoms with Crippen molar-refractivity contribution in [3.63, 3.8) is 0 Å². The first-order chi connectivity index (χ1) is 9.33. The summed E-state index contributed by atoms with van der Waals surface area (Å²) >= 11 is 4.45. The van der Waals surface area contributed by atoms with E-state index < -0.39 is 0 Å². The summed E-state index contributed by atoms with van der Waals surface area (Å²) in [5.74, 6) is 0.960. The van der Waals surface area contributed by atoms with Crippen molar-refractivity contribution >= 4 is 23.4 Å². The number of hydrogen-bond donors (Lipinski definition) is 1. The van der Waals surface area contributed by atoms with Gasteiger partial charge in [-0.25, -0.2) is 0 Å². The third-order valence-corrected chi connectivity index (χ3v) is 3.23. The molecule has 1 fully saturated rings. The van der Waals surface area contributed by atoms with Crippen LogP contribution in [0.3, 0.4) is 0 Å². The summed E-state index contributed by atoms with van der Waals surface area (Å²) in [6, 6.07) is 12.2. The average Bonchev–Trinajstić information content (AvgIpc) is 3.30. The molecular weight excluding hydrogens is 256 g/mol. The molecular formula is C16H21O2S+. The largest absolute Gasteiger partial charge is 0.493 e. The van der Waals surface area contributed by atoms with E-state index in [4.69, 9.17) is 4.74 Å². The number of epoxide rings is 1. The molecule has 0 bridgehead atoms. The van der Waals surface area contributed by atoms with E-state index in [-0.39, 0.29) is 0 Å². The van der Waals surface area contributed by atoms with Crippen LogP contribution in [0.2, 0.25) is 0 Å². The van der Waals surface area contributed by atoms with Crippen LogP contribution in [0.4, 0.5) is 0 Å². The maximum Gasteiger partial charge on any atom is 0.214 e. The summed E-state index contributed by atoms with van der Waals surface area (Å²) in [5, 5.41) is 2.30. The molecule has 2 aromatic carbocycles. The first-order valence-corrected chi connectivity index (χ1v) is 7.24. The Bertz CT molecular complexity index is 520. The van der Waals surface area contributed by atoms with E-state index in [1.807, 2.05) is 24.3 Å². The zero-order valence-electron chi connectivity index (χ0n) is 11.3. The minimum atomic E-state index is 0.784. The smallest absolute Gasteiger partial charge is 0.214 e. The molecule has 0 spiro atoms. The van der Waals surface area contributed by atoms with Crippen LogP contribution >= 0.6 is 12.6 Å². The molecule has 1 heterocycles. The zero-order chi connectivity index (χ0) is 13.5. The lowest BCUT2D eigenvalue weighted by molar-refractivity contribution is 0.252. The Balaban J connectivity index is 0.000000390. The minimum absolute atomic E-state index is 0.784. The molecule has 2 nitrogen and oxygen atoms in total. The van der Waals surface area contributed by atoms with Crippen molar-refractivity contribution in [2.24, 2.45) is 0 Å². The second kappa shape index (κ2) is 7.41. The Morgan fingerprint density at radius 2 is 1.79 bits per heavy atom. The van der Waals surface area contributed by atoms with Crippen molar-refractivity contribution in [3.05, 3.63) is 36.4 Å². The van der Waals surface area contributed by atoms with Crippen LogP contribution < -0.4 is 4.74 Å². The van der Waals surface area contributed by atoms with Gasteiger partial charge < -0.3 is 9.47 Å². The molecule has 3 rings (SSSR count). The molecule has 19 heavy (non-hydrogen) atoms. The highest BCUT2D eigenvalue weighted by molar-refractivity contribution is 7.80. The highest BCUT2D eigenvalue weighted by Gasteiger charge is 2.04. The number of ether oxygens (including phenoxy) is 2. The monoisotopic (exact) mass is 277 g/mol. The van der Waals surface area contributed by atoms with E-state index in [1.54, 1.807) is 0 Å². The normalized spacial score (nSPS) is 12.7. The number of aliphatic hydroxyl groups is 2. The van der Waals surface area contributed by atoms with Gasteiger partial charge in [-0.2, -0.15) is 0 Å². The summed E-state index contributed by atoms with van der Waals surface area (Å²) in [6.45, 7) is 5.20. The topological polar surface area (TPSA) is 22.0 Å². The SMILES string of the molecule is C1C[OH+]1.CCCCOc1ccc(S)c2ccccc12. The van der Waals surface area contributed by atoms with Crippen molar-refractivity contribution in [2.75, 3.05) is 19.8 Å². The molecule has 1 saturated heterocycles. The number of thiol groups is 1. The number of hydrogen-bond acceptors (Lipinski definition) is 2. The Hall–Kier alpha value is -1.19. The Labute approximate surface area is 120 Å². The molecule has 0 unspecified atom stereocenters. The number of fused-ring (bicyclic) bond motifs is 1. The fraction of sp³-hybridized carbons (Fsp3) is 0.375. The van der Waals surface area contributed by atoms with Gasteiger partial charge in [0, 0.05) is 10.3 Å². The minimum Gasteiger partial charge on any atom is -0.493 e. The lowest BCUT2D eigenvalue weighted by Gasteiger charge is -2.10. The standard InChI is InChI=1S/C14H16OS.C2H4O/c1-2-3-10-15-13-8-9-14(16)12-7-5-4-6-11(12)13;1-2-3-1/h4-9,16H,2-3,10H2,1H3;1-2H2/p+1. The summed E-state index contributed by atoms with van der Waals surface area (Å²) in [6.07, 6.45) is 2.25. The molecule has 0 amide bonds. The molecule has 1 aliphatic rings. The van der Waals surface area contributed by atoms with E-state index >= 15 is 0 Å². The van der Waals surface area contributed by atoms with E-state index in [9.17, 15) is 0 Å².